The van der Waals surface area contributed by atoms with Crippen LogP contribution in [-0.4, -0.2) is 62.3 Å². The molecule has 0 bridgehead atoms. The van der Waals surface area contributed by atoms with Crippen molar-refractivity contribution in [2.24, 2.45) is 5.41 Å². The first-order valence-electron chi connectivity index (χ1n) is 13.8. The molecule has 0 saturated carbocycles. The summed E-state index contributed by atoms with van der Waals surface area (Å²) in [5, 5.41) is 2.98. The molecule has 2 aromatic carbocycles. The molecule has 5 rings (SSSR count). The van der Waals surface area contributed by atoms with Gasteiger partial charge in [-0.3, -0.25) is 9.59 Å². The first-order valence-corrected chi connectivity index (χ1v) is 13.8. The molecule has 3 heterocycles. The number of benzene rings is 2. The molecule has 2 atom stereocenters. The minimum atomic E-state index is -4.97. The second kappa shape index (κ2) is 10.8. The SMILES string of the molecule is CCO[C@@](C(=O)N1CCC2(CC1)CC(=O)NCC2c1ccccc1C1(C)OCCO1)(c1ccccc1)C(F)(F)F. The van der Waals surface area contributed by atoms with Gasteiger partial charge in [-0.25, -0.2) is 0 Å². The Morgan fingerprint density at radius 2 is 1.68 bits per heavy atom. The van der Waals surface area contributed by atoms with Crippen molar-refractivity contribution in [1.29, 1.82) is 0 Å². The van der Waals surface area contributed by atoms with Gasteiger partial charge in [0.25, 0.3) is 11.5 Å². The summed E-state index contributed by atoms with van der Waals surface area (Å²) in [5.41, 5.74) is -2.03. The van der Waals surface area contributed by atoms with Crippen LogP contribution in [0, 0.1) is 5.41 Å². The van der Waals surface area contributed by atoms with Gasteiger partial charge in [-0.1, -0.05) is 54.6 Å². The summed E-state index contributed by atoms with van der Waals surface area (Å²) in [4.78, 5) is 27.7. The third-order valence-corrected chi connectivity index (χ3v) is 8.71. The number of amides is 2. The zero-order valence-electron chi connectivity index (χ0n) is 22.8. The van der Waals surface area contributed by atoms with Crippen molar-refractivity contribution in [3.63, 3.8) is 0 Å². The van der Waals surface area contributed by atoms with Crippen molar-refractivity contribution in [2.75, 3.05) is 39.5 Å². The summed E-state index contributed by atoms with van der Waals surface area (Å²) in [7, 11) is 0. The predicted octanol–water partition coefficient (Wildman–Crippen LogP) is 4.61. The minimum absolute atomic E-state index is 0.0762. The maximum Gasteiger partial charge on any atom is 0.430 e. The highest BCUT2D eigenvalue weighted by atomic mass is 19.4. The monoisotopic (exact) mass is 560 g/mol. The Labute approximate surface area is 232 Å². The Hall–Kier alpha value is -2.95. The molecule has 3 saturated heterocycles. The fraction of sp³-hybridized carbons (Fsp3) is 0.533. The fourth-order valence-electron chi connectivity index (χ4n) is 6.69. The maximum atomic E-state index is 14.7. The van der Waals surface area contributed by atoms with Crippen LogP contribution in [0.5, 0.6) is 0 Å². The van der Waals surface area contributed by atoms with Crippen molar-refractivity contribution in [1.82, 2.24) is 10.2 Å². The first kappa shape index (κ1) is 28.6. The van der Waals surface area contributed by atoms with E-state index in [0.29, 0.717) is 32.6 Å². The summed E-state index contributed by atoms with van der Waals surface area (Å²) >= 11 is 0. The van der Waals surface area contributed by atoms with E-state index in [9.17, 15) is 22.8 Å². The molecular weight excluding hydrogens is 525 g/mol. The summed E-state index contributed by atoms with van der Waals surface area (Å²) in [6, 6.07) is 14.9. The number of nitrogens with zero attached hydrogens (tertiary/aromatic N) is 1. The van der Waals surface area contributed by atoms with Crippen molar-refractivity contribution >= 4 is 11.8 Å². The van der Waals surface area contributed by atoms with E-state index in [-0.39, 0.29) is 43.5 Å². The lowest BCUT2D eigenvalue weighted by molar-refractivity contribution is -0.277. The quantitative estimate of drug-likeness (QED) is 0.559. The van der Waals surface area contributed by atoms with Crippen LogP contribution in [0.25, 0.3) is 0 Å². The number of alkyl halides is 3. The van der Waals surface area contributed by atoms with Gasteiger partial charge in [0.2, 0.25) is 5.91 Å². The van der Waals surface area contributed by atoms with Gasteiger partial charge < -0.3 is 24.4 Å². The van der Waals surface area contributed by atoms with Crippen molar-refractivity contribution in [2.45, 2.75) is 56.6 Å². The Balaban J connectivity index is 1.46. The summed E-state index contributed by atoms with van der Waals surface area (Å²) < 4.78 is 61.4. The standard InChI is InChI=1S/C30H35F3N2O5/c1-3-38-29(30(31,32)33,21-9-5-4-6-10-21)26(37)35-15-13-28(14-16-35)19-25(36)34-20-24(28)22-11-7-8-12-23(22)27(2)39-17-18-40-27/h4-12,24H,3,13-20H2,1-2H3,(H,34,36)/t24?,29-/m1/s1. The maximum absolute atomic E-state index is 14.7. The van der Waals surface area contributed by atoms with E-state index in [2.05, 4.69) is 5.32 Å². The third-order valence-electron chi connectivity index (χ3n) is 8.71. The molecule has 1 spiro atoms. The predicted molar refractivity (Wildman–Crippen MR) is 140 cm³/mol. The molecule has 216 valence electrons. The Kier molecular flexibility index (Phi) is 7.71. The molecule has 1 unspecified atom stereocenters. The number of halogens is 3. The Bertz CT molecular complexity index is 1220. The average molecular weight is 561 g/mol. The first-order chi connectivity index (χ1) is 19.1. The highest BCUT2D eigenvalue weighted by Gasteiger charge is 2.64. The lowest BCUT2D eigenvalue weighted by Crippen LogP contribution is -2.60. The second-order valence-corrected chi connectivity index (χ2v) is 10.9. The van der Waals surface area contributed by atoms with Crippen molar-refractivity contribution in [3.8, 4) is 0 Å². The Morgan fingerprint density at radius 3 is 2.30 bits per heavy atom. The minimum Gasteiger partial charge on any atom is -0.355 e. The highest BCUT2D eigenvalue weighted by Crippen LogP contribution is 2.52. The van der Waals surface area contributed by atoms with Gasteiger partial charge in [0.15, 0.2) is 5.79 Å². The molecular formula is C30H35F3N2O5. The van der Waals surface area contributed by atoms with Gasteiger partial charge in [0.1, 0.15) is 0 Å². The molecule has 7 nitrogen and oxygen atoms in total. The van der Waals surface area contributed by atoms with Crippen LogP contribution in [0.4, 0.5) is 13.2 Å². The summed E-state index contributed by atoms with van der Waals surface area (Å²) in [6.45, 7) is 4.51. The molecule has 0 radical (unpaired) electrons. The highest BCUT2D eigenvalue weighted by molar-refractivity contribution is 5.88. The van der Waals surface area contributed by atoms with Crippen LogP contribution in [0.3, 0.4) is 0 Å². The van der Waals surface area contributed by atoms with Crippen LogP contribution < -0.4 is 5.32 Å². The summed E-state index contributed by atoms with van der Waals surface area (Å²) in [6.07, 6.45) is -4.00. The third kappa shape index (κ3) is 4.80. The number of piperidine rings is 2. The number of hydrogen-bond acceptors (Lipinski definition) is 5. The van der Waals surface area contributed by atoms with Gasteiger partial charge in [-0.2, -0.15) is 13.2 Å². The van der Waals surface area contributed by atoms with Gasteiger partial charge in [0.05, 0.1) is 13.2 Å². The van der Waals surface area contributed by atoms with Gasteiger partial charge in [-0.05, 0) is 37.7 Å². The van der Waals surface area contributed by atoms with Crippen LogP contribution in [0.2, 0.25) is 0 Å². The molecule has 2 aromatic rings. The fourth-order valence-corrected chi connectivity index (χ4v) is 6.69. The zero-order valence-corrected chi connectivity index (χ0v) is 22.8. The molecule has 0 aliphatic carbocycles. The van der Waals surface area contributed by atoms with E-state index in [1.54, 1.807) is 6.07 Å². The molecule has 2 amide bonds. The van der Waals surface area contributed by atoms with E-state index >= 15 is 0 Å². The normalized spacial score (nSPS) is 24.0. The molecule has 40 heavy (non-hydrogen) atoms. The molecule has 1 N–H and O–H groups in total. The number of rotatable bonds is 6. The van der Waals surface area contributed by atoms with Crippen molar-refractivity contribution < 1.29 is 37.0 Å². The average Bonchev–Trinajstić information content (AvgIpc) is 3.39. The number of carbonyl (C=O) groups is 2. The molecule has 3 aliphatic rings. The molecule has 0 aromatic heterocycles. The number of nitrogens with one attached hydrogen (secondary N) is 1. The van der Waals surface area contributed by atoms with Crippen molar-refractivity contribution in [3.05, 3.63) is 71.3 Å². The Morgan fingerprint density at radius 1 is 1.05 bits per heavy atom. The number of ether oxygens (including phenoxy) is 3. The van der Waals surface area contributed by atoms with E-state index < -0.39 is 28.9 Å². The molecule has 3 aliphatic heterocycles. The molecule has 3 fully saturated rings. The largest absolute Gasteiger partial charge is 0.430 e. The molecule has 10 heteroatoms. The van der Waals surface area contributed by atoms with Gasteiger partial charge in [-0.15, -0.1) is 0 Å². The summed E-state index contributed by atoms with van der Waals surface area (Å²) in [5.74, 6) is -2.27. The number of likely N-dealkylation sites (tertiary alicyclic amines) is 1. The van der Waals surface area contributed by atoms with Gasteiger partial charge in [0, 0.05) is 49.7 Å². The number of hydrogen-bond donors (Lipinski definition) is 1. The van der Waals surface area contributed by atoms with E-state index in [0.717, 1.165) is 11.1 Å². The van der Waals surface area contributed by atoms with Crippen LogP contribution in [-0.2, 0) is 35.2 Å². The van der Waals surface area contributed by atoms with E-state index in [1.807, 2.05) is 31.2 Å². The lowest BCUT2D eigenvalue weighted by atomic mass is 9.61. The van der Waals surface area contributed by atoms with Crippen LogP contribution >= 0.6 is 0 Å². The van der Waals surface area contributed by atoms with Gasteiger partial charge >= 0.3 is 6.18 Å². The topological polar surface area (TPSA) is 77.1 Å². The van der Waals surface area contributed by atoms with E-state index in [1.165, 1.54) is 36.1 Å². The smallest absolute Gasteiger partial charge is 0.355 e. The zero-order chi connectivity index (χ0) is 28.6. The van der Waals surface area contributed by atoms with Crippen LogP contribution in [0.1, 0.15) is 55.7 Å². The lowest BCUT2D eigenvalue weighted by Gasteiger charge is -2.50. The van der Waals surface area contributed by atoms with E-state index in [4.69, 9.17) is 14.2 Å². The van der Waals surface area contributed by atoms with Crippen LogP contribution in [0.15, 0.2) is 54.6 Å². The second-order valence-electron chi connectivity index (χ2n) is 10.9. The number of carbonyl (C=O) groups excluding carboxylic acids is 2.